The number of carbonyl (C=O) groups is 2. The van der Waals surface area contributed by atoms with E-state index in [0.717, 1.165) is 0 Å². The molecule has 0 aliphatic heterocycles. The number of hydrogen-bond acceptors (Lipinski definition) is 5. The number of carbonyl (C=O) groups excluding carboxylic acids is 2. The third-order valence-electron chi connectivity index (χ3n) is 4.63. The molecule has 0 bridgehead atoms. The number of hydrogen-bond donors (Lipinski definition) is 2. The molecule has 2 amide bonds. The summed E-state index contributed by atoms with van der Waals surface area (Å²) in [4.78, 5) is 24.6. The summed E-state index contributed by atoms with van der Waals surface area (Å²) in [6.45, 7) is 8.11. The van der Waals surface area contributed by atoms with E-state index in [2.05, 4.69) is 10.6 Å². The summed E-state index contributed by atoms with van der Waals surface area (Å²) in [5.41, 5.74) is 1.34. The van der Waals surface area contributed by atoms with E-state index in [-0.39, 0.29) is 11.4 Å². The third kappa shape index (κ3) is 6.28. The van der Waals surface area contributed by atoms with E-state index < -0.39 is 21.8 Å². The van der Waals surface area contributed by atoms with E-state index in [1.165, 1.54) is 10.4 Å². The van der Waals surface area contributed by atoms with Crippen molar-refractivity contribution < 1.29 is 22.7 Å². The SMILES string of the molecule is CCOc1ccc(C(=O)NCC(=O)Nc2ccc(C)c(S(=O)(=O)N(CC)CC)c2)cc1. The summed E-state index contributed by atoms with van der Waals surface area (Å²) < 4.78 is 32.4. The second-order valence-corrected chi connectivity index (χ2v) is 8.66. The number of ether oxygens (including phenoxy) is 1. The Morgan fingerprint density at radius 1 is 1.00 bits per heavy atom. The second kappa shape index (κ2) is 10.9. The third-order valence-corrected chi connectivity index (χ3v) is 6.82. The van der Waals surface area contributed by atoms with Gasteiger partial charge in [0.05, 0.1) is 18.0 Å². The van der Waals surface area contributed by atoms with Crippen molar-refractivity contribution in [2.75, 3.05) is 31.6 Å². The van der Waals surface area contributed by atoms with Gasteiger partial charge in [-0.3, -0.25) is 9.59 Å². The Bertz CT molecular complexity index is 1020. The Hall–Kier alpha value is -2.91. The molecule has 0 unspecified atom stereocenters. The number of nitrogens with zero attached hydrogens (tertiary/aromatic N) is 1. The van der Waals surface area contributed by atoms with Crippen LogP contribution >= 0.6 is 0 Å². The first kappa shape index (κ1) is 24.4. The molecule has 0 atom stereocenters. The van der Waals surface area contributed by atoms with Gasteiger partial charge in [0.1, 0.15) is 5.75 Å². The van der Waals surface area contributed by atoms with Gasteiger partial charge in [0.2, 0.25) is 15.9 Å². The number of anilines is 1. The molecule has 0 aliphatic rings. The average Bonchev–Trinajstić information content (AvgIpc) is 2.74. The Balaban J connectivity index is 2.03. The van der Waals surface area contributed by atoms with Crippen LogP contribution in [0.4, 0.5) is 5.69 Å². The summed E-state index contributed by atoms with van der Waals surface area (Å²) in [6, 6.07) is 11.3. The van der Waals surface area contributed by atoms with Crippen LogP contribution in [0, 0.1) is 6.92 Å². The molecule has 8 nitrogen and oxygen atoms in total. The number of sulfonamides is 1. The lowest BCUT2D eigenvalue weighted by molar-refractivity contribution is -0.115. The van der Waals surface area contributed by atoms with Crippen LogP contribution in [0.1, 0.15) is 36.7 Å². The molecule has 2 aromatic carbocycles. The van der Waals surface area contributed by atoms with E-state index >= 15 is 0 Å². The molecule has 0 spiro atoms. The predicted octanol–water partition coefficient (Wildman–Crippen LogP) is 2.79. The summed E-state index contributed by atoms with van der Waals surface area (Å²) in [6.07, 6.45) is 0. The normalized spacial score (nSPS) is 11.3. The van der Waals surface area contributed by atoms with Crippen LogP contribution in [0.15, 0.2) is 47.4 Å². The Kier molecular flexibility index (Phi) is 8.58. The van der Waals surface area contributed by atoms with Crippen LogP contribution in [0.2, 0.25) is 0 Å². The predicted molar refractivity (Wildman–Crippen MR) is 120 cm³/mol. The summed E-state index contributed by atoms with van der Waals surface area (Å²) >= 11 is 0. The van der Waals surface area contributed by atoms with Crippen LogP contribution in [0.25, 0.3) is 0 Å². The quantitative estimate of drug-likeness (QED) is 0.583. The first-order valence-electron chi connectivity index (χ1n) is 10.1. The molecular weight excluding hydrogens is 418 g/mol. The van der Waals surface area contributed by atoms with Crippen molar-refractivity contribution in [3.63, 3.8) is 0 Å². The van der Waals surface area contributed by atoms with Crippen LogP contribution < -0.4 is 15.4 Å². The zero-order valence-corrected chi connectivity index (χ0v) is 19.1. The van der Waals surface area contributed by atoms with Crippen LogP contribution in [0.5, 0.6) is 5.75 Å². The topological polar surface area (TPSA) is 105 Å². The number of amides is 2. The molecule has 0 heterocycles. The maximum Gasteiger partial charge on any atom is 0.251 e. The van der Waals surface area contributed by atoms with Gasteiger partial charge in [0.25, 0.3) is 5.91 Å². The maximum atomic E-state index is 12.8. The summed E-state index contributed by atoms with van der Waals surface area (Å²) in [5.74, 6) is -0.201. The second-order valence-electron chi connectivity index (χ2n) is 6.76. The molecule has 2 rings (SSSR count). The summed E-state index contributed by atoms with van der Waals surface area (Å²) in [5, 5.41) is 5.18. The van der Waals surface area contributed by atoms with Crippen molar-refractivity contribution in [1.82, 2.24) is 9.62 Å². The highest BCUT2D eigenvalue weighted by Gasteiger charge is 2.24. The molecule has 2 aromatic rings. The summed E-state index contributed by atoms with van der Waals surface area (Å²) in [7, 11) is -3.66. The first-order valence-corrected chi connectivity index (χ1v) is 11.6. The van der Waals surface area contributed by atoms with E-state index in [0.29, 0.717) is 42.3 Å². The molecular formula is C22H29N3O5S. The highest BCUT2D eigenvalue weighted by molar-refractivity contribution is 7.89. The van der Waals surface area contributed by atoms with Gasteiger partial charge in [-0.1, -0.05) is 19.9 Å². The standard InChI is InChI=1S/C22H29N3O5S/c1-5-25(6-2)31(28,29)20-14-18(11-8-16(20)4)24-21(26)15-23-22(27)17-9-12-19(13-10-17)30-7-3/h8-14H,5-7,15H2,1-4H3,(H,23,27)(H,24,26). The minimum absolute atomic E-state index is 0.146. The molecule has 0 saturated carbocycles. The van der Waals surface area contributed by atoms with Crippen molar-refractivity contribution >= 4 is 27.5 Å². The fourth-order valence-corrected chi connectivity index (χ4v) is 4.70. The zero-order chi connectivity index (χ0) is 23.0. The van der Waals surface area contributed by atoms with Gasteiger partial charge >= 0.3 is 0 Å². The molecule has 31 heavy (non-hydrogen) atoms. The van der Waals surface area contributed by atoms with Gasteiger partial charge in [0.15, 0.2) is 0 Å². The molecule has 0 aromatic heterocycles. The lowest BCUT2D eigenvalue weighted by Gasteiger charge is -2.20. The van der Waals surface area contributed by atoms with E-state index in [1.807, 2.05) is 6.92 Å². The molecule has 0 fully saturated rings. The lowest BCUT2D eigenvalue weighted by atomic mass is 10.2. The highest BCUT2D eigenvalue weighted by atomic mass is 32.2. The fourth-order valence-electron chi connectivity index (χ4n) is 3.00. The Morgan fingerprint density at radius 3 is 2.23 bits per heavy atom. The highest BCUT2D eigenvalue weighted by Crippen LogP contribution is 2.23. The maximum absolute atomic E-state index is 12.8. The lowest BCUT2D eigenvalue weighted by Crippen LogP contribution is -2.33. The number of aryl methyl sites for hydroxylation is 1. The number of benzene rings is 2. The van der Waals surface area contributed by atoms with Crippen LogP contribution in [-0.4, -0.2) is 50.8 Å². The van der Waals surface area contributed by atoms with Gasteiger partial charge in [-0.25, -0.2) is 8.42 Å². The molecule has 168 valence electrons. The smallest absolute Gasteiger partial charge is 0.251 e. The molecule has 2 N–H and O–H groups in total. The number of rotatable bonds is 10. The van der Waals surface area contributed by atoms with Gasteiger partial charge in [-0.15, -0.1) is 0 Å². The van der Waals surface area contributed by atoms with Gasteiger partial charge in [0, 0.05) is 24.3 Å². The van der Waals surface area contributed by atoms with Crippen molar-refractivity contribution in [1.29, 1.82) is 0 Å². The largest absolute Gasteiger partial charge is 0.494 e. The van der Waals surface area contributed by atoms with Crippen molar-refractivity contribution in [3.8, 4) is 5.75 Å². The molecule has 0 aliphatic carbocycles. The molecule has 0 saturated heterocycles. The Labute approximate surface area is 183 Å². The fraction of sp³-hybridized carbons (Fsp3) is 0.364. The van der Waals surface area contributed by atoms with Crippen molar-refractivity contribution in [2.45, 2.75) is 32.6 Å². The van der Waals surface area contributed by atoms with E-state index in [9.17, 15) is 18.0 Å². The Morgan fingerprint density at radius 2 is 1.65 bits per heavy atom. The van der Waals surface area contributed by atoms with E-state index in [4.69, 9.17) is 4.74 Å². The number of nitrogens with one attached hydrogen (secondary N) is 2. The van der Waals surface area contributed by atoms with Crippen LogP contribution in [-0.2, 0) is 14.8 Å². The van der Waals surface area contributed by atoms with Crippen molar-refractivity contribution in [2.24, 2.45) is 0 Å². The van der Waals surface area contributed by atoms with Crippen molar-refractivity contribution in [3.05, 3.63) is 53.6 Å². The van der Waals surface area contributed by atoms with Gasteiger partial charge in [-0.2, -0.15) is 4.31 Å². The molecule has 0 radical (unpaired) electrons. The minimum atomic E-state index is -3.66. The zero-order valence-electron chi connectivity index (χ0n) is 18.3. The van der Waals surface area contributed by atoms with Crippen LogP contribution in [0.3, 0.4) is 0 Å². The minimum Gasteiger partial charge on any atom is -0.494 e. The monoisotopic (exact) mass is 447 g/mol. The van der Waals surface area contributed by atoms with Gasteiger partial charge in [-0.05, 0) is 55.8 Å². The van der Waals surface area contributed by atoms with E-state index in [1.54, 1.807) is 57.2 Å². The first-order chi connectivity index (χ1) is 14.7. The van der Waals surface area contributed by atoms with Gasteiger partial charge < -0.3 is 15.4 Å². The average molecular weight is 448 g/mol. The molecule has 9 heteroatoms.